The molecule has 2 aromatic heterocycles. The Morgan fingerprint density at radius 2 is 2.15 bits per heavy atom. The lowest BCUT2D eigenvalue weighted by Crippen LogP contribution is -2.23. The number of aryl methyl sites for hydroxylation is 1. The number of amides is 1. The third-order valence-corrected chi connectivity index (χ3v) is 4.15. The normalized spacial score (nSPS) is 10.9. The van der Waals surface area contributed by atoms with Crippen LogP contribution in [0, 0.1) is 12.7 Å². The predicted molar refractivity (Wildman–Crippen MR) is 98.2 cm³/mol. The van der Waals surface area contributed by atoms with Crippen molar-refractivity contribution in [1.29, 1.82) is 0 Å². The molecule has 7 heteroatoms. The van der Waals surface area contributed by atoms with Crippen molar-refractivity contribution >= 4 is 28.4 Å². The van der Waals surface area contributed by atoms with Gasteiger partial charge in [-0.05, 0) is 25.1 Å². The van der Waals surface area contributed by atoms with Crippen molar-refractivity contribution in [2.75, 3.05) is 37.5 Å². The number of ether oxygens (including phenoxy) is 1. The molecule has 0 aliphatic rings. The van der Waals surface area contributed by atoms with Crippen LogP contribution in [0.25, 0.3) is 11.0 Å². The molecule has 136 valence electrons. The van der Waals surface area contributed by atoms with Crippen LogP contribution < -0.4 is 10.2 Å². The number of nitrogens with one attached hydrogen (secondary N) is 1. The van der Waals surface area contributed by atoms with Crippen LogP contribution in [-0.2, 0) is 4.74 Å². The Morgan fingerprint density at radius 1 is 1.35 bits per heavy atom. The fourth-order valence-electron chi connectivity index (χ4n) is 2.64. The number of carbonyl (C=O) groups is 1. The Labute approximate surface area is 150 Å². The van der Waals surface area contributed by atoms with Crippen LogP contribution in [0.4, 0.5) is 15.9 Å². The van der Waals surface area contributed by atoms with Crippen molar-refractivity contribution in [1.82, 2.24) is 4.98 Å². The van der Waals surface area contributed by atoms with Gasteiger partial charge in [-0.1, -0.05) is 12.1 Å². The summed E-state index contributed by atoms with van der Waals surface area (Å²) in [6.07, 6.45) is 1.56. The summed E-state index contributed by atoms with van der Waals surface area (Å²) in [5, 5.41) is 3.31. The molecule has 0 bridgehead atoms. The van der Waals surface area contributed by atoms with Crippen LogP contribution in [0.15, 0.2) is 40.9 Å². The zero-order chi connectivity index (χ0) is 18.7. The van der Waals surface area contributed by atoms with Gasteiger partial charge in [0.05, 0.1) is 18.5 Å². The Bertz CT molecular complexity index is 922. The number of likely N-dealkylation sites (N-methyl/N-ethyl adjacent to an activating group) is 1. The molecule has 0 spiro atoms. The van der Waals surface area contributed by atoms with E-state index in [0.717, 1.165) is 5.82 Å². The Balaban J connectivity index is 1.76. The first-order valence-corrected chi connectivity index (χ1v) is 8.16. The van der Waals surface area contributed by atoms with Gasteiger partial charge < -0.3 is 19.4 Å². The molecule has 6 nitrogen and oxygen atoms in total. The minimum absolute atomic E-state index is 0.0865. The Kier molecular flexibility index (Phi) is 5.18. The van der Waals surface area contributed by atoms with Crippen molar-refractivity contribution in [3.05, 3.63) is 53.7 Å². The highest BCUT2D eigenvalue weighted by Crippen LogP contribution is 2.27. The van der Waals surface area contributed by atoms with Gasteiger partial charge in [0, 0.05) is 31.7 Å². The minimum Gasteiger partial charge on any atom is -0.448 e. The number of hydrogen-bond donors (Lipinski definition) is 1. The second-order valence-electron chi connectivity index (χ2n) is 5.95. The molecule has 1 N–H and O–H groups in total. The van der Waals surface area contributed by atoms with Gasteiger partial charge in [0.1, 0.15) is 5.82 Å². The van der Waals surface area contributed by atoms with Gasteiger partial charge in [-0.3, -0.25) is 4.79 Å². The average molecular weight is 357 g/mol. The number of para-hydroxylation sites is 1. The lowest BCUT2D eigenvalue weighted by molar-refractivity contribution is 0.0997. The lowest BCUT2D eigenvalue weighted by Gasteiger charge is -2.17. The average Bonchev–Trinajstić information content (AvgIpc) is 2.99. The summed E-state index contributed by atoms with van der Waals surface area (Å²) in [6.45, 7) is 3.03. The third kappa shape index (κ3) is 3.52. The molecule has 1 amide bonds. The Hall–Kier alpha value is -2.93. The lowest BCUT2D eigenvalue weighted by atomic mass is 10.1. The van der Waals surface area contributed by atoms with Gasteiger partial charge in [-0.2, -0.15) is 0 Å². The number of hydrogen-bond acceptors (Lipinski definition) is 5. The molecule has 0 radical (unpaired) electrons. The molecule has 0 atom stereocenters. The van der Waals surface area contributed by atoms with Crippen molar-refractivity contribution < 1.29 is 18.3 Å². The monoisotopic (exact) mass is 357 g/mol. The molecule has 0 aliphatic carbocycles. The third-order valence-electron chi connectivity index (χ3n) is 4.15. The maximum absolute atomic E-state index is 13.8. The highest BCUT2D eigenvalue weighted by molar-refractivity contribution is 6.06. The molecule has 0 fully saturated rings. The Morgan fingerprint density at radius 3 is 2.81 bits per heavy atom. The van der Waals surface area contributed by atoms with Crippen LogP contribution in [0.2, 0.25) is 0 Å². The van der Waals surface area contributed by atoms with Crippen molar-refractivity contribution in [3.63, 3.8) is 0 Å². The van der Waals surface area contributed by atoms with E-state index in [-0.39, 0.29) is 11.3 Å². The number of halogens is 1. The molecule has 0 saturated heterocycles. The number of pyridine rings is 1. The van der Waals surface area contributed by atoms with Gasteiger partial charge in [0.15, 0.2) is 17.2 Å². The summed E-state index contributed by atoms with van der Waals surface area (Å²) in [6, 6.07) is 8.17. The molecule has 0 saturated carbocycles. The van der Waals surface area contributed by atoms with Crippen molar-refractivity contribution in [2.24, 2.45) is 0 Å². The molecular formula is C19H20FN3O3. The van der Waals surface area contributed by atoms with E-state index < -0.39 is 11.7 Å². The maximum Gasteiger partial charge on any atom is 0.291 e. The van der Waals surface area contributed by atoms with Gasteiger partial charge in [-0.15, -0.1) is 0 Å². The molecule has 1 aromatic carbocycles. The maximum atomic E-state index is 13.8. The summed E-state index contributed by atoms with van der Waals surface area (Å²) in [5.41, 5.74) is 1.21. The van der Waals surface area contributed by atoms with E-state index in [1.54, 1.807) is 44.5 Å². The van der Waals surface area contributed by atoms with Crippen LogP contribution in [0.1, 0.15) is 16.1 Å². The minimum atomic E-state index is -0.491. The largest absolute Gasteiger partial charge is 0.448 e. The van der Waals surface area contributed by atoms with Crippen molar-refractivity contribution in [3.8, 4) is 0 Å². The second kappa shape index (κ2) is 7.53. The molecule has 3 aromatic rings. The van der Waals surface area contributed by atoms with E-state index in [0.29, 0.717) is 29.8 Å². The van der Waals surface area contributed by atoms with Crippen molar-refractivity contribution in [2.45, 2.75) is 6.92 Å². The van der Waals surface area contributed by atoms with E-state index in [1.807, 2.05) is 11.9 Å². The molecule has 0 aliphatic heterocycles. The fourth-order valence-corrected chi connectivity index (χ4v) is 2.64. The zero-order valence-corrected chi connectivity index (χ0v) is 14.9. The molecule has 2 heterocycles. The highest BCUT2D eigenvalue weighted by Gasteiger charge is 2.19. The number of nitrogens with zero attached hydrogens (tertiary/aromatic N) is 2. The highest BCUT2D eigenvalue weighted by atomic mass is 19.1. The zero-order valence-electron chi connectivity index (χ0n) is 14.9. The number of fused-ring (bicyclic) bond motifs is 1. The van der Waals surface area contributed by atoms with E-state index in [1.165, 1.54) is 6.07 Å². The number of rotatable bonds is 6. The van der Waals surface area contributed by atoms with Crippen LogP contribution in [-0.4, -0.2) is 38.2 Å². The van der Waals surface area contributed by atoms with E-state index in [4.69, 9.17) is 9.15 Å². The van der Waals surface area contributed by atoms with E-state index in [9.17, 15) is 9.18 Å². The first kappa shape index (κ1) is 17.9. The number of furan rings is 1. The first-order chi connectivity index (χ1) is 12.5. The smallest absolute Gasteiger partial charge is 0.291 e. The molecule has 3 rings (SSSR count). The number of methoxy groups -OCH3 is 1. The second-order valence-corrected chi connectivity index (χ2v) is 5.95. The van der Waals surface area contributed by atoms with Crippen LogP contribution in [0.5, 0.6) is 0 Å². The first-order valence-electron chi connectivity index (χ1n) is 8.16. The fraction of sp³-hybridized carbons (Fsp3) is 0.263. The number of anilines is 2. The van der Waals surface area contributed by atoms with Gasteiger partial charge in [0.2, 0.25) is 0 Å². The molecule has 0 unspecified atom stereocenters. The summed E-state index contributed by atoms with van der Waals surface area (Å²) in [4.78, 5) is 18.8. The summed E-state index contributed by atoms with van der Waals surface area (Å²) >= 11 is 0. The standard InChI is InChI=1S/C19H20FN3O3/c1-12-14-5-4-6-15(20)18(14)26-17(12)19(24)22-13-7-8-16(21-11-13)23(2)9-10-25-3/h4-8,11H,9-10H2,1-3H3,(H,22,24). The summed E-state index contributed by atoms with van der Waals surface area (Å²) in [5.74, 6) is -0.0800. The van der Waals surface area contributed by atoms with Crippen LogP contribution in [0.3, 0.4) is 0 Å². The van der Waals surface area contributed by atoms with Gasteiger partial charge in [0.25, 0.3) is 5.91 Å². The molecule has 26 heavy (non-hydrogen) atoms. The number of carbonyl (C=O) groups excluding carboxylic acids is 1. The predicted octanol–water partition coefficient (Wildman–Crippen LogP) is 3.61. The van der Waals surface area contributed by atoms with Crippen LogP contribution >= 0.6 is 0 Å². The number of aromatic nitrogens is 1. The van der Waals surface area contributed by atoms with E-state index >= 15 is 0 Å². The SMILES string of the molecule is COCCN(C)c1ccc(NC(=O)c2oc3c(F)cccc3c2C)cn1. The van der Waals surface area contributed by atoms with Gasteiger partial charge in [-0.25, -0.2) is 9.37 Å². The van der Waals surface area contributed by atoms with E-state index in [2.05, 4.69) is 10.3 Å². The topological polar surface area (TPSA) is 67.6 Å². The summed E-state index contributed by atoms with van der Waals surface area (Å²) < 4.78 is 24.3. The van der Waals surface area contributed by atoms with Gasteiger partial charge >= 0.3 is 0 Å². The molecular weight excluding hydrogens is 337 g/mol. The summed E-state index contributed by atoms with van der Waals surface area (Å²) in [7, 11) is 3.55. The number of benzene rings is 1. The quantitative estimate of drug-likeness (QED) is 0.730.